The van der Waals surface area contributed by atoms with Crippen LogP contribution >= 0.6 is 11.6 Å². The smallest absolute Gasteiger partial charge is 0.402 e. The molecule has 1 rings (SSSR count). The molecule has 15 heavy (non-hydrogen) atoms. The summed E-state index contributed by atoms with van der Waals surface area (Å²) in [5.41, 5.74) is 4.24. The number of nitrogens with zero attached hydrogens (tertiary/aromatic N) is 2. The molecule has 0 aliphatic rings. The van der Waals surface area contributed by atoms with Crippen LogP contribution in [0.25, 0.3) is 0 Å². The number of ether oxygens (including phenoxy) is 1. The molecule has 1 heterocycles. The molecule has 4 nitrogen and oxygen atoms in total. The lowest BCUT2D eigenvalue weighted by atomic mass is 10.2. The first-order valence-corrected chi connectivity index (χ1v) is 3.82. The highest BCUT2D eigenvalue weighted by molar-refractivity contribution is 6.32. The second kappa shape index (κ2) is 3.82. The predicted octanol–water partition coefficient (Wildman–Crippen LogP) is 2.09. The van der Waals surface area contributed by atoms with Crippen molar-refractivity contribution in [3.05, 3.63) is 16.9 Å². The highest BCUT2D eigenvalue weighted by Crippen LogP contribution is 2.34. The average Bonchev–Trinajstić information content (AvgIpc) is 2.11. The number of nitrogens with two attached hydrogens (primary N) is 1. The first kappa shape index (κ1) is 11.4. The van der Waals surface area contributed by atoms with Crippen molar-refractivity contribution in [1.82, 2.24) is 4.98 Å². The third kappa shape index (κ3) is 2.63. The molecular formula is C7H3ClF3N3O. The molecule has 0 fully saturated rings. The van der Waals surface area contributed by atoms with Gasteiger partial charge in [0.15, 0.2) is 10.9 Å². The van der Waals surface area contributed by atoms with Gasteiger partial charge in [0.05, 0.1) is 6.20 Å². The van der Waals surface area contributed by atoms with Gasteiger partial charge in [0, 0.05) is 0 Å². The van der Waals surface area contributed by atoms with E-state index in [1.165, 1.54) is 6.07 Å². The number of hydrogen-bond donors (Lipinski definition) is 1. The zero-order valence-corrected chi connectivity index (χ0v) is 7.73. The van der Waals surface area contributed by atoms with E-state index in [0.717, 1.165) is 6.20 Å². The molecule has 0 saturated heterocycles. The van der Waals surface area contributed by atoms with E-state index in [-0.39, 0.29) is 5.15 Å². The Hall–Kier alpha value is -1.68. The lowest BCUT2D eigenvalue weighted by Crippen LogP contribution is -2.19. The molecule has 0 unspecified atom stereocenters. The summed E-state index contributed by atoms with van der Waals surface area (Å²) in [5.74, 6) is -0.829. The summed E-state index contributed by atoms with van der Waals surface area (Å²) in [7, 11) is 0. The van der Waals surface area contributed by atoms with Gasteiger partial charge in [-0.1, -0.05) is 11.6 Å². The minimum absolute atomic E-state index is 0.353. The predicted molar refractivity (Wildman–Crippen MR) is 45.1 cm³/mol. The number of aromatic nitrogens is 1. The fraction of sp³-hybridized carbons (Fsp3) is 0.143. The minimum atomic E-state index is -4.94. The second-order valence-electron chi connectivity index (χ2n) is 2.37. The SMILES string of the molecule is N#Cc1cnc(Cl)c(N)c1OC(F)(F)F. The van der Waals surface area contributed by atoms with E-state index in [9.17, 15) is 13.2 Å². The molecule has 0 aromatic carbocycles. The highest BCUT2D eigenvalue weighted by atomic mass is 35.5. The fourth-order valence-electron chi connectivity index (χ4n) is 0.793. The maximum absolute atomic E-state index is 11.9. The zero-order valence-electron chi connectivity index (χ0n) is 6.97. The average molecular weight is 238 g/mol. The normalized spacial score (nSPS) is 10.9. The molecule has 1 aromatic rings. The topological polar surface area (TPSA) is 71.9 Å². The molecule has 1 aromatic heterocycles. The van der Waals surface area contributed by atoms with Crippen molar-refractivity contribution >= 4 is 17.3 Å². The van der Waals surface area contributed by atoms with Gasteiger partial charge >= 0.3 is 6.36 Å². The van der Waals surface area contributed by atoms with Crippen molar-refractivity contribution in [2.75, 3.05) is 5.73 Å². The zero-order chi connectivity index (χ0) is 11.6. The van der Waals surface area contributed by atoms with Gasteiger partial charge in [-0.25, -0.2) is 4.98 Å². The van der Waals surface area contributed by atoms with Gasteiger partial charge in [-0.3, -0.25) is 0 Å². The maximum Gasteiger partial charge on any atom is 0.573 e. The third-order valence-corrected chi connectivity index (χ3v) is 1.66. The van der Waals surface area contributed by atoms with Gasteiger partial charge in [-0.05, 0) is 0 Å². The van der Waals surface area contributed by atoms with Crippen molar-refractivity contribution in [3.63, 3.8) is 0 Å². The quantitative estimate of drug-likeness (QED) is 0.759. The number of rotatable bonds is 1. The highest BCUT2D eigenvalue weighted by Gasteiger charge is 2.33. The number of hydrogen-bond acceptors (Lipinski definition) is 4. The standard InChI is InChI=1S/C7H3ClF3N3O/c8-6-4(13)5(15-7(9,10)11)3(1-12)2-14-6/h2H,13H2. The van der Waals surface area contributed by atoms with Crippen molar-refractivity contribution in [3.8, 4) is 11.8 Å². The van der Waals surface area contributed by atoms with Crippen LogP contribution in [-0.4, -0.2) is 11.3 Å². The molecule has 0 aliphatic heterocycles. The number of pyridine rings is 1. The van der Waals surface area contributed by atoms with Crippen molar-refractivity contribution in [1.29, 1.82) is 5.26 Å². The molecule has 0 saturated carbocycles. The number of nitriles is 1. The Kier molecular flexibility index (Phi) is 2.90. The lowest BCUT2D eigenvalue weighted by molar-refractivity contribution is -0.274. The molecular weight excluding hydrogens is 235 g/mol. The van der Waals surface area contributed by atoms with E-state index in [1.807, 2.05) is 0 Å². The first-order valence-electron chi connectivity index (χ1n) is 3.45. The van der Waals surface area contributed by atoms with E-state index in [1.54, 1.807) is 0 Å². The molecule has 0 aliphatic carbocycles. The number of anilines is 1. The van der Waals surface area contributed by atoms with E-state index in [2.05, 4.69) is 9.72 Å². The molecule has 0 bridgehead atoms. The summed E-state index contributed by atoms with van der Waals surface area (Å²) in [5, 5.41) is 8.14. The van der Waals surface area contributed by atoms with Gasteiger partial charge in [0.1, 0.15) is 17.3 Å². The monoisotopic (exact) mass is 237 g/mol. The molecule has 0 amide bonds. The second-order valence-corrected chi connectivity index (χ2v) is 2.72. The maximum atomic E-state index is 11.9. The lowest BCUT2D eigenvalue weighted by Gasteiger charge is -2.12. The molecule has 80 valence electrons. The van der Waals surface area contributed by atoms with E-state index < -0.39 is 23.4 Å². The van der Waals surface area contributed by atoms with Crippen LogP contribution in [0.15, 0.2) is 6.20 Å². The molecule has 0 atom stereocenters. The Morgan fingerprint density at radius 3 is 2.60 bits per heavy atom. The van der Waals surface area contributed by atoms with Crippen LogP contribution in [0.2, 0.25) is 5.15 Å². The number of halogens is 4. The van der Waals surface area contributed by atoms with Crippen LogP contribution in [0.3, 0.4) is 0 Å². The van der Waals surface area contributed by atoms with Crippen LogP contribution in [0.1, 0.15) is 5.56 Å². The van der Waals surface area contributed by atoms with Gasteiger partial charge in [-0.2, -0.15) is 5.26 Å². The molecule has 8 heteroatoms. The Morgan fingerprint density at radius 1 is 1.53 bits per heavy atom. The van der Waals surface area contributed by atoms with E-state index in [4.69, 9.17) is 22.6 Å². The van der Waals surface area contributed by atoms with Gasteiger partial charge in [0.2, 0.25) is 0 Å². The van der Waals surface area contributed by atoms with Crippen LogP contribution < -0.4 is 10.5 Å². The van der Waals surface area contributed by atoms with Gasteiger partial charge in [0.25, 0.3) is 0 Å². The van der Waals surface area contributed by atoms with Crippen LogP contribution in [0.4, 0.5) is 18.9 Å². The van der Waals surface area contributed by atoms with Crippen LogP contribution in [-0.2, 0) is 0 Å². The summed E-state index contributed by atoms with van der Waals surface area (Å²) in [6.07, 6.45) is -4.09. The Morgan fingerprint density at radius 2 is 2.13 bits per heavy atom. The molecule has 0 radical (unpaired) electrons. The van der Waals surface area contributed by atoms with Crippen molar-refractivity contribution in [2.24, 2.45) is 0 Å². The largest absolute Gasteiger partial charge is 0.573 e. The Balaban J connectivity index is 3.26. The summed E-state index contributed by atoms with van der Waals surface area (Å²) in [6.45, 7) is 0. The minimum Gasteiger partial charge on any atom is -0.402 e. The molecule has 0 spiro atoms. The first-order chi connectivity index (χ1) is 6.85. The summed E-state index contributed by atoms with van der Waals surface area (Å²) < 4.78 is 39.3. The van der Waals surface area contributed by atoms with Gasteiger partial charge in [-0.15, -0.1) is 13.2 Å². The van der Waals surface area contributed by atoms with E-state index in [0.29, 0.717) is 0 Å². The van der Waals surface area contributed by atoms with Gasteiger partial charge < -0.3 is 10.5 Å². The number of alkyl halides is 3. The van der Waals surface area contributed by atoms with E-state index >= 15 is 0 Å². The van der Waals surface area contributed by atoms with Crippen LogP contribution in [0.5, 0.6) is 5.75 Å². The van der Waals surface area contributed by atoms with Crippen LogP contribution in [0, 0.1) is 11.3 Å². The summed E-state index contributed by atoms with van der Waals surface area (Å²) in [6, 6.07) is 1.46. The summed E-state index contributed by atoms with van der Waals surface area (Å²) in [4.78, 5) is 3.41. The summed E-state index contributed by atoms with van der Waals surface area (Å²) >= 11 is 5.38. The number of nitrogen functional groups attached to an aromatic ring is 1. The fourth-order valence-corrected chi connectivity index (χ4v) is 0.928. The Labute approximate surface area is 87.0 Å². The Bertz CT molecular complexity index is 427. The van der Waals surface area contributed by atoms with Crippen molar-refractivity contribution < 1.29 is 17.9 Å². The molecule has 2 N–H and O–H groups in total. The van der Waals surface area contributed by atoms with Crippen molar-refractivity contribution in [2.45, 2.75) is 6.36 Å². The third-order valence-electron chi connectivity index (χ3n) is 1.36.